The van der Waals surface area contributed by atoms with E-state index in [1.807, 2.05) is 0 Å². The minimum absolute atomic E-state index is 0.190. The maximum atomic E-state index is 6.33. The number of fused-ring (bicyclic) bond motifs is 1. The summed E-state index contributed by atoms with van der Waals surface area (Å²) in [6.07, 6.45) is 3.42. The molecule has 0 fully saturated rings. The van der Waals surface area contributed by atoms with E-state index < -0.39 is 10.3 Å². The van der Waals surface area contributed by atoms with Crippen LogP contribution in [-0.2, 0) is 4.18 Å². The molecule has 1 aliphatic heterocycles. The predicted octanol–water partition coefficient (Wildman–Crippen LogP) is 4.74. The van der Waals surface area contributed by atoms with Gasteiger partial charge in [0.05, 0.1) is 18.8 Å². The molecule has 0 bridgehead atoms. The Morgan fingerprint density at radius 2 is 2.09 bits per heavy atom. The van der Waals surface area contributed by atoms with Crippen molar-refractivity contribution >= 4 is 16.0 Å². The molecular formula is C18H31NO2S. The van der Waals surface area contributed by atoms with Gasteiger partial charge in [-0.05, 0) is 36.6 Å². The average molecular weight is 326 g/mol. The van der Waals surface area contributed by atoms with Crippen molar-refractivity contribution in [2.24, 2.45) is 0 Å². The third-order valence-electron chi connectivity index (χ3n) is 4.58. The summed E-state index contributed by atoms with van der Waals surface area (Å²) >= 11 is 0. The van der Waals surface area contributed by atoms with E-state index in [2.05, 4.69) is 64.4 Å². The Hall–Kier alpha value is -0.870. The van der Waals surface area contributed by atoms with Gasteiger partial charge in [-0.1, -0.05) is 33.8 Å². The second-order valence-electron chi connectivity index (χ2n) is 7.14. The fourth-order valence-electron chi connectivity index (χ4n) is 2.55. The lowest BCUT2D eigenvalue weighted by molar-refractivity contribution is 0.170. The third kappa shape index (κ3) is 3.90. The molecule has 1 unspecified atom stereocenters. The lowest BCUT2D eigenvalue weighted by Crippen LogP contribution is -2.33. The van der Waals surface area contributed by atoms with Crippen LogP contribution in [-0.4, -0.2) is 36.0 Å². The largest absolute Gasteiger partial charge is 0.486 e. The second kappa shape index (κ2) is 6.71. The quantitative estimate of drug-likeness (QED) is 0.848. The van der Waals surface area contributed by atoms with Gasteiger partial charge in [-0.25, -0.2) is 0 Å². The molecular weight excluding hydrogens is 294 g/mol. The summed E-state index contributed by atoms with van der Waals surface area (Å²) in [6.45, 7) is 12.8. The van der Waals surface area contributed by atoms with E-state index in [-0.39, 0.29) is 10.9 Å². The van der Waals surface area contributed by atoms with Crippen LogP contribution in [0.25, 0.3) is 0 Å². The molecule has 1 aromatic carbocycles. The van der Waals surface area contributed by atoms with Gasteiger partial charge in [-0.2, -0.15) is 0 Å². The Bertz CT molecular complexity index is 512. The molecule has 0 amide bonds. The van der Waals surface area contributed by atoms with Crippen LogP contribution in [0.3, 0.4) is 0 Å². The lowest BCUT2D eigenvalue weighted by Gasteiger charge is -2.46. The zero-order valence-corrected chi connectivity index (χ0v) is 15.7. The summed E-state index contributed by atoms with van der Waals surface area (Å²) < 4.78 is 12.6. The summed E-state index contributed by atoms with van der Waals surface area (Å²) in [5.74, 6) is 2.06. The van der Waals surface area contributed by atoms with E-state index in [0.29, 0.717) is 0 Å². The highest BCUT2D eigenvalue weighted by molar-refractivity contribution is 8.30. The summed E-state index contributed by atoms with van der Waals surface area (Å²) in [6, 6.07) is 6.29. The molecule has 2 atom stereocenters. The molecule has 0 aliphatic carbocycles. The molecule has 0 saturated heterocycles. The fraction of sp³-hybridized carbons (Fsp3) is 0.667. The van der Waals surface area contributed by atoms with E-state index in [4.69, 9.17) is 8.92 Å². The van der Waals surface area contributed by atoms with Crippen LogP contribution in [0.15, 0.2) is 18.2 Å². The normalized spacial score (nSPS) is 22.0. The van der Waals surface area contributed by atoms with Crippen LogP contribution in [0.2, 0.25) is 0 Å². The molecule has 0 radical (unpaired) electrons. The van der Waals surface area contributed by atoms with Crippen molar-refractivity contribution in [1.29, 1.82) is 0 Å². The molecule has 1 aliphatic rings. The zero-order chi connectivity index (χ0) is 16.4. The number of nitrogens with one attached hydrogen (secondary N) is 1. The molecule has 22 heavy (non-hydrogen) atoms. The molecule has 1 N–H and O–H groups in total. The molecule has 2 rings (SSSR count). The molecule has 3 nitrogen and oxygen atoms in total. The number of hydrogen-bond acceptors (Lipinski definition) is 3. The minimum Gasteiger partial charge on any atom is -0.486 e. The van der Waals surface area contributed by atoms with E-state index in [1.165, 1.54) is 5.56 Å². The number of benzene rings is 1. The maximum Gasteiger partial charge on any atom is 0.142 e. The summed E-state index contributed by atoms with van der Waals surface area (Å²) in [4.78, 5) is 0. The molecule has 0 saturated carbocycles. The van der Waals surface area contributed by atoms with E-state index in [0.717, 1.165) is 36.8 Å². The van der Waals surface area contributed by atoms with E-state index in [9.17, 15) is 0 Å². The SMILES string of the molecule is CCS(C)(OCC[C@H]1CNc2cc(C)ccc2O1)C(C)(C)C. The van der Waals surface area contributed by atoms with Gasteiger partial charge in [0.15, 0.2) is 0 Å². The van der Waals surface area contributed by atoms with Crippen molar-refractivity contribution < 1.29 is 8.92 Å². The summed E-state index contributed by atoms with van der Waals surface area (Å²) in [7, 11) is -1.04. The summed E-state index contributed by atoms with van der Waals surface area (Å²) in [5.41, 5.74) is 2.36. The maximum absolute atomic E-state index is 6.33. The first kappa shape index (κ1) is 17.5. The van der Waals surface area contributed by atoms with Gasteiger partial charge in [0.25, 0.3) is 0 Å². The van der Waals surface area contributed by atoms with E-state index >= 15 is 0 Å². The standard InChI is InChI=1S/C18H31NO2S/c1-7-22(6,18(3,4)5)20-11-10-15-13-19-16-12-14(2)8-9-17(16)21-15/h8-9,12,15,19H,7,10-11,13H2,1-6H3/t15-/m0/s1. The lowest BCUT2D eigenvalue weighted by atomic mass is 10.1. The minimum atomic E-state index is -1.04. The van der Waals surface area contributed by atoms with Crippen LogP contribution in [0.5, 0.6) is 5.75 Å². The van der Waals surface area contributed by atoms with Crippen molar-refractivity contribution in [3.05, 3.63) is 23.8 Å². The Labute approximate surface area is 137 Å². The van der Waals surface area contributed by atoms with Crippen LogP contribution >= 0.6 is 10.3 Å². The summed E-state index contributed by atoms with van der Waals surface area (Å²) in [5, 5.41) is 3.47. The van der Waals surface area contributed by atoms with E-state index in [1.54, 1.807) is 0 Å². The molecule has 0 aromatic heterocycles. The average Bonchev–Trinajstić information content (AvgIpc) is 2.46. The third-order valence-corrected chi connectivity index (χ3v) is 8.96. The van der Waals surface area contributed by atoms with Crippen LogP contribution in [0.4, 0.5) is 5.69 Å². The van der Waals surface area contributed by atoms with Crippen molar-refractivity contribution in [1.82, 2.24) is 0 Å². The Balaban J connectivity index is 1.87. The van der Waals surface area contributed by atoms with Crippen molar-refractivity contribution in [2.75, 3.05) is 30.5 Å². The van der Waals surface area contributed by atoms with Gasteiger partial charge >= 0.3 is 0 Å². The van der Waals surface area contributed by atoms with Crippen molar-refractivity contribution in [3.8, 4) is 5.75 Å². The van der Waals surface area contributed by atoms with Crippen LogP contribution in [0, 0.1) is 6.92 Å². The molecule has 1 aromatic rings. The first-order chi connectivity index (χ1) is 10.2. The number of rotatable bonds is 5. The first-order valence-electron chi connectivity index (χ1n) is 8.16. The van der Waals surface area contributed by atoms with Gasteiger partial charge < -0.3 is 14.2 Å². The van der Waals surface area contributed by atoms with Gasteiger partial charge in [0.1, 0.15) is 11.9 Å². The van der Waals surface area contributed by atoms with Gasteiger partial charge in [0, 0.05) is 11.2 Å². The Kier molecular flexibility index (Phi) is 5.33. The highest BCUT2D eigenvalue weighted by Gasteiger charge is 2.32. The van der Waals surface area contributed by atoms with Gasteiger partial charge in [-0.15, -0.1) is 10.3 Å². The topological polar surface area (TPSA) is 30.5 Å². The predicted molar refractivity (Wildman–Crippen MR) is 98.5 cm³/mol. The second-order valence-corrected chi connectivity index (χ2v) is 11.2. The first-order valence-corrected chi connectivity index (χ1v) is 10.3. The number of ether oxygens (including phenoxy) is 1. The van der Waals surface area contributed by atoms with Gasteiger partial charge in [0.2, 0.25) is 0 Å². The monoisotopic (exact) mass is 325 g/mol. The van der Waals surface area contributed by atoms with Crippen molar-refractivity contribution in [3.63, 3.8) is 0 Å². The van der Waals surface area contributed by atoms with Crippen LogP contribution < -0.4 is 10.1 Å². The molecule has 126 valence electrons. The number of aryl methyl sites for hydroxylation is 1. The van der Waals surface area contributed by atoms with Crippen molar-refractivity contribution in [2.45, 2.75) is 51.9 Å². The number of hydrogen-bond donors (Lipinski definition) is 1. The highest BCUT2D eigenvalue weighted by Crippen LogP contribution is 2.56. The molecule has 4 heteroatoms. The fourth-order valence-corrected chi connectivity index (χ4v) is 4.40. The Morgan fingerprint density at radius 3 is 2.73 bits per heavy atom. The number of anilines is 1. The zero-order valence-electron chi connectivity index (χ0n) is 14.9. The Morgan fingerprint density at radius 1 is 1.36 bits per heavy atom. The smallest absolute Gasteiger partial charge is 0.142 e. The molecule has 1 heterocycles. The van der Waals surface area contributed by atoms with Gasteiger partial charge in [-0.3, -0.25) is 0 Å². The highest BCUT2D eigenvalue weighted by atomic mass is 32.3. The van der Waals surface area contributed by atoms with Crippen LogP contribution in [0.1, 0.15) is 39.7 Å². The molecule has 0 spiro atoms.